The van der Waals surface area contributed by atoms with Crippen molar-refractivity contribution in [2.45, 2.75) is 69.8 Å². The lowest BCUT2D eigenvalue weighted by Crippen LogP contribution is -2.44. The third-order valence-corrected chi connectivity index (χ3v) is 8.53. The number of nitrogens with zero attached hydrogens (tertiary/aromatic N) is 1. The summed E-state index contributed by atoms with van der Waals surface area (Å²) < 4.78 is 20.6. The zero-order valence-corrected chi connectivity index (χ0v) is 22.3. The Morgan fingerprint density at radius 1 is 1.29 bits per heavy atom. The number of halogens is 1. The maximum atomic E-state index is 13.6. The molecule has 5 nitrogen and oxygen atoms in total. The molecule has 2 aromatic carbocycles. The summed E-state index contributed by atoms with van der Waals surface area (Å²) in [6.07, 6.45) is 1.24. The number of cyclic esters (lactones) is 1. The molecule has 1 aromatic heterocycles. The number of carbonyl (C=O) groups excluding carboxylic acids is 1. The van der Waals surface area contributed by atoms with Crippen LogP contribution < -0.4 is 5.73 Å². The molecule has 0 saturated carbocycles. The van der Waals surface area contributed by atoms with Crippen LogP contribution in [-0.2, 0) is 21.4 Å². The summed E-state index contributed by atoms with van der Waals surface area (Å²) in [4.78, 5) is 18.7. The minimum absolute atomic E-state index is 0.0305. The van der Waals surface area contributed by atoms with E-state index in [1.807, 2.05) is 32.0 Å². The van der Waals surface area contributed by atoms with Crippen LogP contribution in [0.1, 0.15) is 58.6 Å². The highest BCUT2D eigenvalue weighted by Gasteiger charge is 2.44. The van der Waals surface area contributed by atoms with Gasteiger partial charge in [-0.1, -0.05) is 69.9 Å². The van der Waals surface area contributed by atoms with E-state index in [4.69, 9.17) is 10.5 Å². The largest absolute Gasteiger partial charge is 0.511 e. The van der Waals surface area contributed by atoms with Crippen LogP contribution in [0.5, 0.6) is 0 Å². The van der Waals surface area contributed by atoms with Gasteiger partial charge in [-0.05, 0) is 59.6 Å². The van der Waals surface area contributed by atoms with E-state index in [9.17, 15) is 14.3 Å². The summed E-state index contributed by atoms with van der Waals surface area (Å²) in [6, 6.07) is 10.4. The van der Waals surface area contributed by atoms with Crippen molar-refractivity contribution in [2.24, 2.45) is 5.92 Å². The average molecular weight is 515 g/mol. The van der Waals surface area contributed by atoms with Crippen LogP contribution in [0.25, 0.3) is 10.2 Å². The Labute approximate surface area is 213 Å². The minimum Gasteiger partial charge on any atom is -0.511 e. The SMILES string of the molecule is CC(C)[C@]1(CCc2cccc(F)c2)CC(O)=C(Sc2cc3sc(N)nc3cc2C(C)(C)C)C(=O)O1. The highest BCUT2D eigenvalue weighted by molar-refractivity contribution is 8.04. The van der Waals surface area contributed by atoms with Gasteiger partial charge in [-0.3, -0.25) is 0 Å². The van der Waals surface area contributed by atoms with Crippen LogP contribution in [0.15, 0.2) is 52.0 Å². The fourth-order valence-electron chi connectivity index (χ4n) is 4.40. The lowest BCUT2D eigenvalue weighted by Gasteiger charge is -2.40. The Morgan fingerprint density at radius 2 is 2.03 bits per heavy atom. The number of esters is 1. The van der Waals surface area contributed by atoms with Crippen LogP contribution in [-0.4, -0.2) is 21.7 Å². The Hall–Kier alpha value is -2.58. The number of carbonyl (C=O) groups is 1. The van der Waals surface area contributed by atoms with Crippen molar-refractivity contribution in [2.75, 3.05) is 5.73 Å². The Bertz CT molecular complexity index is 1310. The van der Waals surface area contributed by atoms with E-state index in [0.717, 1.165) is 26.2 Å². The number of nitrogens with two attached hydrogens (primary N) is 1. The van der Waals surface area contributed by atoms with Gasteiger partial charge in [0.15, 0.2) is 5.13 Å². The van der Waals surface area contributed by atoms with Crippen LogP contribution in [0.4, 0.5) is 9.52 Å². The van der Waals surface area contributed by atoms with E-state index in [2.05, 4.69) is 25.8 Å². The molecule has 1 aliphatic heterocycles. The van der Waals surface area contributed by atoms with Gasteiger partial charge in [-0.25, -0.2) is 14.2 Å². The second-order valence-electron chi connectivity index (χ2n) is 10.4. The van der Waals surface area contributed by atoms with Crippen molar-refractivity contribution in [1.29, 1.82) is 0 Å². The number of hydrogen-bond acceptors (Lipinski definition) is 7. The van der Waals surface area contributed by atoms with Crippen molar-refractivity contribution in [3.05, 3.63) is 64.0 Å². The smallest absolute Gasteiger partial charge is 0.349 e. The molecule has 0 fully saturated rings. The zero-order chi connectivity index (χ0) is 25.5. The number of rotatable bonds is 6. The number of aliphatic hydroxyl groups excluding tert-OH is 1. The number of aryl methyl sites for hydroxylation is 1. The van der Waals surface area contributed by atoms with E-state index >= 15 is 0 Å². The monoisotopic (exact) mass is 514 g/mol. The molecular formula is C27H31FN2O3S2. The van der Waals surface area contributed by atoms with Crippen LogP contribution in [0, 0.1) is 11.7 Å². The number of ether oxygens (including phenoxy) is 1. The number of hydrogen-bond donors (Lipinski definition) is 2. The molecule has 0 amide bonds. The number of aromatic nitrogens is 1. The molecule has 35 heavy (non-hydrogen) atoms. The molecular weight excluding hydrogens is 483 g/mol. The molecule has 0 radical (unpaired) electrons. The molecule has 0 spiro atoms. The van der Waals surface area contributed by atoms with E-state index in [1.54, 1.807) is 6.07 Å². The fraction of sp³-hybridized carbons (Fsp3) is 0.407. The highest BCUT2D eigenvalue weighted by atomic mass is 32.2. The summed E-state index contributed by atoms with van der Waals surface area (Å²) in [5.41, 5.74) is 7.51. The van der Waals surface area contributed by atoms with Crippen LogP contribution in [0.3, 0.4) is 0 Å². The zero-order valence-electron chi connectivity index (χ0n) is 20.6. The third-order valence-electron chi connectivity index (χ3n) is 6.51. The maximum absolute atomic E-state index is 13.6. The highest BCUT2D eigenvalue weighted by Crippen LogP contribution is 2.46. The second kappa shape index (κ2) is 9.47. The van der Waals surface area contributed by atoms with Crippen molar-refractivity contribution in [1.82, 2.24) is 4.98 Å². The van der Waals surface area contributed by atoms with Crippen molar-refractivity contribution < 1.29 is 19.0 Å². The van der Waals surface area contributed by atoms with Crippen LogP contribution >= 0.6 is 23.1 Å². The number of benzene rings is 2. The summed E-state index contributed by atoms with van der Waals surface area (Å²) in [6.45, 7) is 10.2. The number of thioether (sulfide) groups is 1. The van der Waals surface area contributed by atoms with Gasteiger partial charge < -0.3 is 15.6 Å². The average Bonchev–Trinajstić information content (AvgIpc) is 3.12. The molecule has 0 aliphatic carbocycles. The quantitative estimate of drug-likeness (QED) is 0.340. The number of anilines is 1. The molecule has 0 bridgehead atoms. The van der Waals surface area contributed by atoms with E-state index in [-0.39, 0.29) is 34.2 Å². The molecule has 0 unspecified atom stereocenters. The normalized spacial score (nSPS) is 19.0. The van der Waals surface area contributed by atoms with Crippen molar-refractivity contribution in [3.63, 3.8) is 0 Å². The van der Waals surface area contributed by atoms with Gasteiger partial charge in [0.2, 0.25) is 0 Å². The fourth-order valence-corrected chi connectivity index (χ4v) is 6.42. The maximum Gasteiger partial charge on any atom is 0.349 e. The van der Waals surface area contributed by atoms with Gasteiger partial charge >= 0.3 is 5.97 Å². The van der Waals surface area contributed by atoms with Gasteiger partial charge in [-0.2, -0.15) is 0 Å². The number of aliphatic hydroxyl groups is 1. The van der Waals surface area contributed by atoms with Gasteiger partial charge in [0.05, 0.1) is 10.2 Å². The third kappa shape index (κ3) is 5.33. The van der Waals surface area contributed by atoms with Gasteiger partial charge in [0.1, 0.15) is 22.1 Å². The number of nitrogen functional groups attached to an aromatic ring is 1. The summed E-state index contributed by atoms with van der Waals surface area (Å²) >= 11 is 2.62. The summed E-state index contributed by atoms with van der Waals surface area (Å²) in [5.74, 6) is -0.828. The first kappa shape index (κ1) is 25.5. The predicted molar refractivity (Wildman–Crippen MR) is 141 cm³/mol. The first-order valence-electron chi connectivity index (χ1n) is 11.7. The first-order valence-corrected chi connectivity index (χ1v) is 13.3. The topological polar surface area (TPSA) is 85.4 Å². The summed E-state index contributed by atoms with van der Waals surface area (Å²) in [7, 11) is 0. The molecule has 186 valence electrons. The molecule has 1 aliphatic rings. The van der Waals surface area contributed by atoms with Crippen molar-refractivity contribution >= 4 is 44.4 Å². The van der Waals surface area contributed by atoms with Gasteiger partial charge in [0.25, 0.3) is 0 Å². The van der Waals surface area contributed by atoms with E-state index in [0.29, 0.717) is 18.0 Å². The molecule has 1 atom stereocenters. The molecule has 0 saturated heterocycles. The lowest BCUT2D eigenvalue weighted by atomic mass is 9.80. The Balaban J connectivity index is 1.65. The molecule has 3 N–H and O–H groups in total. The number of fused-ring (bicyclic) bond motifs is 1. The van der Waals surface area contributed by atoms with Crippen molar-refractivity contribution in [3.8, 4) is 0 Å². The standard InChI is InChI=1S/C27H31FN2O3S2/c1-15(2)27(10-9-16-7-6-8-17(28)11-16)14-20(31)23(24(32)33-27)34-21-13-22-19(30-25(29)35-22)12-18(21)26(3,4)5/h6-8,11-13,15,31H,9-10,14H2,1-5H3,(H2,29,30)/t27-/m0/s1. The Kier molecular flexibility index (Phi) is 6.90. The second-order valence-corrected chi connectivity index (χ2v) is 12.5. The molecule has 8 heteroatoms. The molecule has 3 aromatic rings. The van der Waals surface area contributed by atoms with Crippen LogP contribution in [0.2, 0.25) is 0 Å². The first-order chi connectivity index (χ1) is 16.4. The minimum atomic E-state index is -0.861. The lowest BCUT2D eigenvalue weighted by molar-refractivity contribution is -0.164. The van der Waals surface area contributed by atoms with Gasteiger partial charge in [0, 0.05) is 11.3 Å². The molecule has 4 rings (SSSR count). The molecule has 2 heterocycles. The number of thiazole rings is 1. The van der Waals surface area contributed by atoms with E-state index < -0.39 is 11.6 Å². The Morgan fingerprint density at radius 3 is 2.66 bits per heavy atom. The predicted octanol–water partition coefficient (Wildman–Crippen LogP) is 7.15. The van der Waals surface area contributed by atoms with E-state index in [1.165, 1.54) is 35.2 Å². The van der Waals surface area contributed by atoms with Gasteiger partial charge in [-0.15, -0.1) is 0 Å². The summed E-state index contributed by atoms with van der Waals surface area (Å²) in [5, 5.41) is 11.6.